The Hall–Kier alpha value is -3.55. The van der Waals surface area contributed by atoms with Crippen LogP contribution < -0.4 is 15.4 Å². The maximum atomic E-state index is 13.1. The minimum Gasteiger partial charge on any atom is -0.459 e. The Morgan fingerprint density at radius 1 is 0.923 bits per heavy atom. The molecule has 0 fully saturated rings. The zero-order chi connectivity index (χ0) is 18.4. The maximum Gasteiger partial charge on any atom is 0.323 e. The molecule has 6 nitrogen and oxygen atoms in total. The molecule has 0 aliphatic carbocycles. The molecule has 0 unspecified atom stereocenters. The molecule has 132 valence electrons. The van der Waals surface area contributed by atoms with E-state index in [4.69, 9.17) is 4.74 Å². The molecule has 1 heterocycles. The van der Waals surface area contributed by atoms with Crippen molar-refractivity contribution >= 4 is 17.4 Å². The number of rotatable bonds is 5. The molecule has 0 saturated heterocycles. The highest BCUT2D eigenvalue weighted by Gasteiger charge is 2.06. The van der Waals surface area contributed by atoms with E-state index in [9.17, 15) is 13.6 Å². The fraction of sp³-hybridized carbons (Fsp3) is 0.0556. The molecule has 0 atom stereocenters. The van der Waals surface area contributed by atoms with Crippen molar-refractivity contribution in [3.05, 3.63) is 78.1 Å². The highest BCUT2D eigenvalue weighted by Crippen LogP contribution is 2.15. The molecular formula is C18H14F2N4O2. The van der Waals surface area contributed by atoms with Crippen molar-refractivity contribution in [1.82, 2.24) is 9.97 Å². The normalized spacial score (nSPS) is 10.2. The number of benzene rings is 2. The predicted molar refractivity (Wildman–Crippen MR) is 91.8 cm³/mol. The van der Waals surface area contributed by atoms with Gasteiger partial charge in [-0.1, -0.05) is 12.1 Å². The van der Waals surface area contributed by atoms with Crippen LogP contribution in [0.25, 0.3) is 0 Å². The van der Waals surface area contributed by atoms with E-state index < -0.39 is 17.7 Å². The number of carbonyl (C=O) groups is 1. The topological polar surface area (TPSA) is 76.1 Å². The number of ether oxygens (including phenoxy) is 1. The van der Waals surface area contributed by atoms with Gasteiger partial charge in [0.2, 0.25) is 0 Å². The Kier molecular flexibility index (Phi) is 5.33. The third-order valence-corrected chi connectivity index (χ3v) is 3.22. The fourth-order valence-electron chi connectivity index (χ4n) is 2.17. The van der Waals surface area contributed by atoms with E-state index in [2.05, 4.69) is 20.6 Å². The van der Waals surface area contributed by atoms with Gasteiger partial charge in [0.15, 0.2) is 0 Å². The van der Waals surface area contributed by atoms with Gasteiger partial charge in [0, 0.05) is 29.8 Å². The van der Waals surface area contributed by atoms with Crippen molar-refractivity contribution in [2.75, 3.05) is 10.6 Å². The van der Waals surface area contributed by atoms with Crippen molar-refractivity contribution in [2.45, 2.75) is 6.61 Å². The van der Waals surface area contributed by atoms with Crippen molar-refractivity contribution in [2.24, 2.45) is 0 Å². The van der Waals surface area contributed by atoms with Crippen LogP contribution in [0.1, 0.15) is 5.56 Å². The molecule has 2 N–H and O–H groups in total. The number of carbonyl (C=O) groups excluding carboxylic acids is 1. The van der Waals surface area contributed by atoms with Gasteiger partial charge in [-0.3, -0.25) is 0 Å². The van der Waals surface area contributed by atoms with E-state index in [1.807, 2.05) is 6.07 Å². The Morgan fingerprint density at radius 2 is 1.62 bits per heavy atom. The van der Waals surface area contributed by atoms with Gasteiger partial charge in [0.05, 0.1) is 0 Å². The van der Waals surface area contributed by atoms with Crippen LogP contribution in [0.2, 0.25) is 0 Å². The zero-order valence-corrected chi connectivity index (χ0v) is 13.4. The van der Waals surface area contributed by atoms with Gasteiger partial charge in [-0.15, -0.1) is 0 Å². The standard InChI is InChI=1S/C18H14F2N4O2/c19-13-8-14(20)10-16(9-13)24-17(25)23-15-4-1-3-12(7-15)11-26-18-21-5-2-6-22-18/h1-10H,11H2,(H2,23,24,25). The Morgan fingerprint density at radius 3 is 2.35 bits per heavy atom. The van der Waals surface area contributed by atoms with Crippen molar-refractivity contribution in [3.8, 4) is 6.01 Å². The van der Waals surface area contributed by atoms with Crippen LogP contribution >= 0.6 is 0 Å². The summed E-state index contributed by atoms with van der Waals surface area (Å²) in [5, 5.41) is 4.95. The van der Waals surface area contributed by atoms with Gasteiger partial charge >= 0.3 is 12.0 Å². The molecule has 26 heavy (non-hydrogen) atoms. The Labute approximate surface area is 147 Å². The fourth-order valence-corrected chi connectivity index (χ4v) is 2.17. The van der Waals surface area contributed by atoms with Crippen molar-refractivity contribution in [1.29, 1.82) is 0 Å². The second-order valence-electron chi connectivity index (χ2n) is 5.26. The number of urea groups is 1. The first kappa shape index (κ1) is 17.3. The number of nitrogens with one attached hydrogen (secondary N) is 2. The van der Waals surface area contributed by atoms with Crippen LogP contribution in [0.5, 0.6) is 6.01 Å². The number of hydrogen-bond donors (Lipinski definition) is 2. The molecule has 0 radical (unpaired) electrons. The predicted octanol–water partition coefficient (Wildman–Crippen LogP) is 3.98. The first-order chi connectivity index (χ1) is 12.6. The lowest BCUT2D eigenvalue weighted by Crippen LogP contribution is -2.19. The number of nitrogens with zero attached hydrogens (tertiary/aromatic N) is 2. The van der Waals surface area contributed by atoms with Crippen LogP contribution in [0.15, 0.2) is 60.9 Å². The van der Waals surface area contributed by atoms with E-state index >= 15 is 0 Å². The molecule has 0 bridgehead atoms. The summed E-state index contributed by atoms with van der Waals surface area (Å²) >= 11 is 0. The van der Waals surface area contributed by atoms with Gasteiger partial charge in [-0.25, -0.2) is 23.5 Å². The first-order valence-corrected chi connectivity index (χ1v) is 7.61. The summed E-state index contributed by atoms with van der Waals surface area (Å²) in [6.07, 6.45) is 3.14. The van der Waals surface area contributed by atoms with Crippen molar-refractivity contribution < 1.29 is 18.3 Å². The SMILES string of the molecule is O=C(Nc1cc(F)cc(F)c1)Nc1cccc(COc2ncccn2)c1. The molecule has 3 aromatic rings. The molecule has 2 amide bonds. The molecule has 0 aliphatic heterocycles. The average molecular weight is 356 g/mol. The highest BCUT2D eigenvalue weighted by molar-refractivity contribution is 5.99. The van der Waals surface area contributed by atoms with Crippen molar-refractivity contribution in [3.63, 3.8) is 0 Å². The van der Waals surface area contributed by atoms with Crippen LogP contribution in [0, 0.1) is 11.6 Å². The molecule has 0 aliphatic rings. The Bertz CT molecular complexity index is 886. The highest BCUT2D eigenvalue weighted by atomic mass is 19.1. The monoisotopic (exact) mass is 356 g/mol. The number of amides is 2. The van der Waals surface area contributed by atoms with Gasteiger partial charge in [-0.05, 0) is 35.9 Å². The van der Waals surface area contributed by atoms with E-state index in [1.54, 1.807) is 36.7 Å². The number of hydrogen-bond acceptors (Lipinski definition) is 4. The smallest absolute Gasteiger partial charge is 0.323 e. The van der Waals surface area contributed by atoms with Crippen LogP contribution in [-0.2, 0) is 6.61 Å². The van der Waals surface area contributed by atoms with E-state index in [0.717, 1.165) is 23.8 Å². The van der Waals surface area contributed by atoms with Gasteiger partial charge in [0.25, 0.3) is 0 Å². The molecule has 0 spiro atoms. The van der Waals surface area contributed by atoms with Crippen LogP contribution in [0.3, 0.4) is 0 Å². The maximum absolute atomic E-state index is 13.1. The summed E-state index contributed by atoms with van der Waals surface area (Å²) in [5.41, 5.74) is 1.29. The zero-order valence-electron chi connectivity index (χ0n) is 13.4. The third-order valence-electron chi connectivity index (χ3n) is 3.22. The summed E-state index contributed by atoms with van der Waals surface area (Å²) in [7, 11) is 0. The van der Waals surface area contributed by atoms with E-state index in [-0.39, 0.29) is 18.3 Å². The summed E-state index contributed by atoms with van der Waals surface area (Å²) in [6.45, 7) is 0.219. The molecule has 8 heteroatoms. The minimum absolute atomic E-state index is 0.0146. The molecule has 0 saturated carbocycles. The molecular weight excluding hydrogens is 342 g/mol. The number of anilines is 2. The van der Waals surface area contributed by atoms with Gasteiger partial charge in [0.1, 0.15) is 18.2 Å². The second-order valence-corrected chi connectivity index (χ2v) is 5.26. The lowest BCUT2D eigenvalue weighted by molar-refractivity contribution is 0.262. The number of halogens is 2. The third kappa shape index (κ3) is 4.97. The van der Waals surface area contributed by atoms with Crippen LogP contribution in [0.4, 0.5) is 25.0 Å². The summed E-state index contributed by atoms with van der Waals surface area (Å²) in [6, 6.07) is 11.0. The quantitative estimate of drug-likeness (QED) is 0.725. The van der Waals surface area contributed by atoms with Gasteiger partial charge < -0.3 is 15.4 Å². The number of aromatic nitrogens is 2. The minimum atomic E-state index is -0.775. The lowest BCUT2D eigenvalue weighted by atomic mass is 10.2. The second kappa shape index (κ2) is 8.02. The Balaban J connectivity index is 1.60. The van der Waals surface area contributed by atoms with Gasteiger partial charge in [-0.2, -0.15) is 0 Å². The average Bonchev–Trinajstić information content (AvgIpc) is 2.60. The summed E-state index contributed by atoms with van der Waals surface area (Å²) in [4.78, 5) is 19.9. The first-order valence-electron chi connectivity index (χ1n) is 7.61. The molecule has 2 aromatic carbocycles. The van der Waals surface area contributed by atoms with Crippen LogP contribution in [-0.4, -0.2) is 16.0 Å². The van der Waals surface area contributed by atoms with E-state index in [1.165, 1.54) is 0 Å². The van der Waals surface area contributed by atoms with E-state index in [0.29, 0.717) is 5.69 Å². The summed E-state index contributed by atoms with van der Waals surface area (Å²) in [5.74, 6) is -1.55. The largest absolute Gasteiger partial charge is 0.459 e. The summed E-state index contributed by atoms with van der Waals surface area (Å²) < 4.78 is 31.7. The molecule has 3 rings (SSSR count). The lowest BCUT2D eigenvalue weighted by Gasteiger charge is -2.10. The molecule has 1 aromatic heterocycles.